The quantitative estimate of drug-likeness (QED) is 0.480. The number of pyridine rings is 1. The molecule has 1 aromatic carbocycles. The van der Waals surface area contributed by atoms with E-state index in [0.29, 0.717) is 38.7 Å². The predicted octanol–water partition coefficient (Wildman–Crippen LogP) is 3.91. The maximum Gasteiger partial charge on any atom is 0.253 e. The molecule has 0 bridgehead atoms. The Balaban J connectivity index is 1.85. The molecule has 0 unspecified atom stereocenters. The smallest absolute Gasteiger partial charge is 0.253 e. The Morgan fingerprint density at radius 2 is 2.07 bits per heavy atom. The molecule has 3 aromatic rings. The van der Waals surface area contributed by atoms with Gasteiger partial charge in [-0.2, -0.15) is 4.98 Å². The number of nitrogens with one attached hydrogen (secondary N) is 2. The summed E-state index contributed by atoms with van der Waals surface area (Å²) in [6.07, 6.45) is 1.57. The minimum atomic E-state index is -1.18. The molecule has 0 aliphatic carbocycles. The summed E-state index contributed by atoms with van der Waals surface area (Å²) in [6, 6.07) is 8.57. The molecule has 6 nitrogen and oxygen atoms in total. The largest absolute Gasteiger partial charge is 0.610 e. The van der Waals surface area contributed by atoms with Gasteiger partial charge in [0, 0.05) is 34.4 Å². The van der Waals surface area contributed by atoms with Crippen molar-refractivity contribution in [3.8, 4) is 0 Å². The molecule has 3 rings (SSSR count). The van der Waals surface area contributed by atoms with Gasteiger partial charge < -0.3 is 14.9 Å². The van der Waals surface area contributed by atoms with E-state index in [2.05, 4.69) is 20.3 Å². The van der Waals surface area contributed by atoms with Crippen molar-refractivity contribution in [3.63, 3.8) is 0 Å². The number of anilines is 1. The Kier molecular flexibility index (Phi) is 6.04. The van der Waals surface area contributed by atoms with Crippen molar-refractivity contribution in [3.05, 3.63) is 57.5 Å². The van der Waals surface area contributed by atoms with E-state index in [9.17, 15) is 9.35 Å². The second-order valence-corrected chi connectivity index (χ2v) is 8.60. The number of halogens is 1. The number of benzene rings is 1. The van der Waals surface area contributed by atoms with E-state index in [4.69, 9.17) is 11.6 Å². The number of aromatic nitrogens is 3. The van der Waals surface area contributed by atoms with Gasteiger partial charge in [-0.3, -0.25) is 4.79 Å². The monoisotopic (exact) mass is 404 g/mol. The summed E-state index contributed by atoms with van der Waals surface area (Å²) in [5, 5.41) is 4.94. The van der Waals surface area contributed by atoms with Crippen LogP contribution in [0.2, 0.25) is 5.02 Å². The molecular weight excluding hydrogens is 384 g/mol. The van der Waals surface area contributed by atoms with Gasteiger partial charge in [-0.25, -0.2) is 4.98 Å². The molecule has 0 saturated heterocycles. The number of hydrogen-bond donors (Lipinski definition) is 2. The van der Waals surface area contributed by atoms with Gasteiger partial charge in [-0.1, -0.05) is 37.6 Å². The standard InChI is InChI=1S/C19H21ClN4O2S/c1-11(2)10-27(26)16-7-8-21-19(23-16)22-12(3)14-9-13-5-4-6-15(20)17(13)24-18(14)25/h4-9,11-12H,10H2,1-3H3,(H,24,25)(H,21,22,23)/t12-,27-/m0/s1. The first-order valence-corrected chi connectivity index (χ1v) is 10.3. The zero-order chi connectivity index (χ0) is 19.6. The van der Waals surface area contributed by atoms with E-state index in [1.807, 2.05) is 32.9 Å². The van der Waals surface area contributed by atoms with E-state index in [0.717, 1.165) is 5.39 Å². The molecule has 2 heterocycles. The second kappa shape index (κ2) is 8.29. The highest BCUT2D eigenvalue weighted by Gasteiger charge is 2.18. The Morgan fingerprint density at radius 1 is 1.30 bits per heavy atom. The first-order chi connectivity index (χ1) is 12.8. The molecule has 0 saturated carbocycles. The minimum absolute atomic E-state index is 0.227. The van der Waals surface area contributed by atoms with Crippen LogP contribution in [-0.2, 0) is 11.2 Å². The maximum atomic E-state index is 12.5. The molecule has 27 heavy (non-hydrogen) atoms. The van der Waals surface area contributed by atoms with Crippen molar-refractivity contribution in [2.75, 3.05) is 11.1 Å². The van der Waals surface area contributed by atoms with Crippen LogP contribution in [0.25, 0.3) is 10.9 Å². The number of hydrogen-bond acceptors (Lipinski definition) is 5. The molecule has 0 fully saturated rings. The van der Waals surface area contributed by atoms with Gasteiger partial charge in [0.05, 0.1) is 16.6 Å². The molecule has 2 N–H and O–H groups in total. The van der Waals surface area contributed by atoms with Crippen molar-refractivity contribution >= 4 is 39.6 Å². The Hall–Kier alpha value is -2.09. The van der Waals surface area contributed by atoms with Crippen molar-refractivity contribution < 1.29 is 4.55 Å². The van der Waals surface area contributed by atoms with Crippen molar-refractivity contribution in [1.29, 1.82) is 0 Å². The Morgan fingerprint density at radius 3 is 2.81 bits per heavy atom. The van der Waals surface area contributed by atoms with Gasteiger partial charge in [0.1, 0.15) is 5.75 Å². The van der Waals surface area contributed by atoms with Crippen LogP contribution in [0.1, 0.15) is 32.4 Å². The van der Waals surface area contributed by atoms with Crippen LogP contribution in [0, 0.1) is 5.92 Å². The van der Waals surface area contributed by atoms with Crippen LogP contribution in [-0.4, -0.2) is 25.3 Å². The Bertz CT molecular complexity index is 1010. The summed E-state index contributed by atoms with van der Waals surface area (Å²) in [4.78, 5) is 23.8. The molecule has 0 radical (unpaired) electrons. The van der Waals surface area contributed by atoms with Gasteiger partial charge in [0.25, 0.3) is 5.56 Å². The summed E-state index contributed by atoms with van der Waals surface area (Å²) in [7, 11) is 0. The molecule has 0 aliphatic heterocycles. The first-order valence-electron chi connectivity index (χ1n) is 8.64. The van der Waals surface area contributed by atoms with Gasteiger partial charge in [-0.05, 0) is 25.0 Å². The molecule has 8 heteroatoms. The molecule has 142 valence electrons. The van der Waals surface area contributed by atoms with Crippen molar-refractivity contribution in [2.24, 2.45) is 5.92 Å². The van der Waals surface area contributed by atoms with Crippen LogP contribution in [0.4, 0.5) is 5.95 Å². The van der Waals surface area contributed by atoms with Crippen LogP contribution >= 0.6 is 11.6 Å². The lowest BCUT2D eigenvalue weighted by atomic mass is 10.1. The number of aromatic amines is 1. The van der Waals surface area contributed by atoms with Crippen LogP contribution < -0.4 is 10.9 Å². The van der Waals surface area contributed by atoms with Gasteiger partial charge in [-0.15, -0.1) is 0 Å². The second-order valence-electron chi connectivity index (χ2n) is 6.75. The lowest BCUT2D eigenvalue weighted by Gasteiger charge is -2.16. The topological polar surface area (TPSA) is 93.7 Å². The van der Waals surface area contributed by atoms with Crippen molar-refractivity contribution in [2.45, 2.75) is 31.8 Å². The summed E-state index contributed by atoms with van der Waals surface area (Å²) in [6.45, 7) is 5.87. The van der Waals surface area contributed by atoms with Gasteiger partial charge in [0.15, 0.2) is 0 Å². The SMILES string of the molecule is CC(C)C[S@+]([O-])c1ccnc(N[C@@H](C)c2cc3cccc(Cl)c3[nH]c2=O)n1. The van der Waals surface area contributed by atoms with Gasteiger partial charge >= 0.3 is 0 Å². The number of fused-ring (bicyclic) bond motifs is 1. The Labute approximate surface area is 165 Å². The zero-order valence-electron chi connectivity index (χ0n) is 15.3. The lowest BCUT2D eigenvalue weighted by molar-refractivity contribution is 0.577. The fraction of sp³-hybridized carbons (Fsp3) is 0.316. The molecular formula is C19H21ClN4O2S. The van der Waals surface area contributed by atoms with Gasteiger partial charge in [0.2, 0.25) is 11.0 Å². The van der Waals surface area contributed by atoms with Crippen LogP contribution in [0.15, 0.2) is 46.3 Å². The average Bonchev–Trinajstić information content (AvgIpc) is 2.61. The highest BCUT2D eigenvalue weighted by molar-refractivity contribution is 7.91. The fourth-order valence-electron chi connectivity index (χ4n) is 2.73. The van der Waals surface area contributed by atoms with Crippen molar-refractivity contribution in [1.82, 2.24) is 15.0 Å². The minimum Gasteiger partial charge on any atom is -0.610 e. The predicted molar refractivity (Wildman–Crippen MR) is 110 cm³/mol. The fourth-order valence-corrected chi connectivity index (χ4v) is 4.14. The third kappa shape index (κ3) is 4.61. The van der Waals surface area contributed by atoms with Crippen LogP contribution in [0.3, 0.4) is 0 Å². The molecule has 0 amide bonds. The average molecular weight is 405 g/mol. The number of H-pyrrole nitrogens is 1. The molecule has 0 spiro atoms. The lowest BCUT2D eigenvalue weighted by Crippen LogP contribution is -2.21. The maximum absolute atomic E-state index is 12.5. The third-order valence-electron chi connectivity index (χ3n) is 4.02. The van der Waals surface area contributed by atoms with E-state index < -0.39 is 11.2 Å². The number of nitrogens with zero attached hydrogens (tertiary/aromatic N) is 2. The first kappa shape index (κ1) is 19.7. The number of para-hydroxylation sites is 1. The molecule has 2 aromatic heterocycles. The third-order valence-corrected chi connectivity index (χ3v) is 6.00. The normalized spacial score (nSPS) is 13.7. The number of rotatable bonds is 6. The van der Waals surface area contributed by atoms with Crippen LogP contribution in [0.5, 0.6) is 0 Å². The summed E-state index contributed by atoms with van der Waals surface area (Å²) < 4.78 is 12.3. The van der Waals surface area contributed by atoms with E-state index in [-0.39, 0.29) is 11.6 Å². The molecule has 2 atom stereocenters. The molecule has 0 aliphatic rings. The van der Waals surface area contributed by atoms with E-state index in [1.165, 1.54) is 0 Å². The summed E-state index contributed by atoms with van der Waals surface area (Å²) >= 11 is 4.96. The summed E-state index contributed by atoms with van der Waals surface area (Å²) in [5.74, 6) is 1.18. The highest BCUT2D eigenvalue weighted by Crippen LogP contribution is 2.23. The summed E-state index contributed by atoms with van der Waals surface area (Å²) in [5.41, 5.74) is 0.930. The zero-order valence-corrected chi connectivity index (χ0v) is 16.9. The van der Waals surface area contributed by atoms with E-state index >= 15 is 0 Å². The highest BCUT2D eigenvalue weighted by atomic mass is 35.5. The van der Waals surface area contributed by atoms with E-state index in [1.54, 1.807) is 24.4 Å².